The number of hydrogen-bond donors (Lipinski definition) is 2. The standard InChI is InChI=1S/C21H31N3O3/c1-26-17-8-16(9-18(10-17)27-2)24-6-5-13(12-24)11-23-21(25)19-14-3-4-15(7-14)20(19)22/h8-10,13-15,19-20H,3-7,11-12,22H2,1-2H3,(H,23,25). The predicted molar refractivity (Wildman–Crippen MR) is 105 cm³/mol. The number of carbonyl (C=O) groups excluding carboxylic acids is 1. The lowest BCUT2D eigenvalue weighted by molar-refractivity contribution is -0.127. The van der Waals surface area contributed by atoms with Crippen LogP contribution in [0.5, 0.6) is 11.5 Å². The highest BCUT2D eigenvalue weighted by molar-refractivity contribution is 5.80. The zero-order chi connectivity index (χ0) is 19.0. The van der Waals surface area contributed by atoms with Crippen molar-refractivity contribution in [2.75, 3.05) is 38.8 Å². The maximum absolute atomic E-state index is 12.7. The summed E-state index contributed by atoms with van der Waals surface area (Å²) in [6.07, 6.45) is 4.60. The van der Waals surface area contributed by atoms with Crippen LogP contribution >= 0.6 is 0 Å². The molecule has 1 amide bonds. The van der Waals surface area contributed by atoms with Crippen molar-refractivity contribution in [2.24, 2.45) is 29.4 Å². The lowest BCUT2D eigenvalue weighted by atomic mass is 9.84. The van der Waals surface area contributed by atoms with Gasteiger partial charge in [-0.1, -0.05) is 0 Å². The van der Waals surface area contributed by atoms with E-state index < -0.39 is 0 Å². The number of rotatable bonds is 6. The highest BCUT2D eigenvalue weighted by Crippen LogP contribution is 2.47. The van der Waals surface area contributed by atoms with Crippen LogP contribution in [0.3, 0.4) is 0 Å². The Morgan fingerprint density at radius 3 is 2.48 bits per heavy atom. The van der Waals surface area contributed by atoms with Crippen LogP contribution in [0, 0.1) is 23.7 Å². The molecule has 2 aliphatic carbocycles. The Balaban J connectivity index is 1.32. The van der Waals surface area contributed by atoms with Gasteiger partial charge in [0, 0.05) is 49.6 Å². The van der Waals surface area contributed by atoms with E-state index in [1.165, 1.54) is 12.8 Å². The van der Waals surface area contributed by atoms with Gasteiger partial charge >= 0.3 is 0 Å². The molecule has 3 aliphatic rings. The molecule has 3 fully saturated rings. The molecule has 1 aliphatic heterocycles. The van der Waals surface area contributed by atoms with E-state index in [1.54, 1.807) is 14.2 Å². The third-order valence-electron chi connectivity index (χ3n) is 6.84. The van der Waals surface area contributed by atoms with Crippen molar-refractivity contribution in [3.63, 3.8) is 0 Å². The molecular formula is C21H31N3O3. The Hall–Kier alpha value is -1.95. The topological polar surface area (TPSA) is 76.8 Å². The van der Waals surface area contributed by atoms with Crippen LogP contribution in [0.25, 0.3) is 0 Å². The third kappa shape index (κ3) is 3.59. The number of carbonyl (C=O) groups is 1. The average molecular weight is 373 g/mol. The molecule has 6 heteroatoms. The summed E-state index contributed by atoms with van der Waals surface area (Å²) in [6.45, 7) is 2.64. The maximum atomic E-state index is 12.7. The number of fused-ring (bicyclic) bond motifs is 2. The minimum absolute atomic E-state index is 0.0314. The first-order valence-electron chi connectivity index (χ1n) is 10.1. The monoisotopic (exact) mass is 373 g/mol. The molecule has 27 heavy (non-hydrogen) atoms. The van der Waals surface area contributed by atoms with E-state index in [9.17, 15) is 4.79 Å². The van der Waals surface area contributed by atoms with Crippen LogP contribution in [0.4, 0.5) is 5.69 Å². The second-order valence-electron chi connectivity index (χ2n) is 8.35. The molecule has 3 N–H and O–H groups in total. The number of amides is 1. The van der Waals surface area contributed by atoms with Crippen molar-refractivity contribution in [2.45, 2.75) is 31.7 Å². The van der Waals surface area contributed by atoms with Crippen LogP contribution in [0.15, 0.2) is 18.2 Å². The van der Waals surface area contributed by atoms with Gasteiger partial charge in [0.1, 0.15) is 11.5 Å². The molecule has 4 rings (SSSR count). The van der Waals surface area contributed by atoms with Crippen molar-refractivity contribution < 1.29 is 14.3 Å². The lowest BCUT2D eigenvalue weighted by Gasteiger charge is -2.27. The van der Waals surface area contributed by atoms with Crippen molar-refractivity contribution in [3.05, 3.63) is 18.2 Å². The molecule has 2 bridgehead atoms. The van der Waals surface area contributed by atoms with Crippen molar-refractivity contribution in [1.29, 1.82) is 0 Å². The number of nitrogens with zero attached hydrogens (tertiary/aromatic N) is 1. The summed E-state index contributed by atoms with van der Waals surface area (Å²) in [4.78, 5) is 15.0. The number of benzene rings is 1. The smallest absolute Gasteiger partial charge is 0.224 e. The molecule has 2 saturated carbocycles. The highest BCUT2D eigenvalue weighted by atomic mass is 16.5. The van der Waals surface area contributed by atoms with Gasteiger partial charge in [-0.2, -0.15) is 0 Å². The Bertz CT molecular complexity index is 671. The van der Waals surface area contributed by atoms with Crippen LogP contribution in [0.2, 0.25) is 0 Å². The van der Waals surface area contributed by atoms with Gasteiger partial charge in [0.15, 0.2) is 0 Å². The molecule has 0 spiro atoms. The summed E-state index contributed by atoms with van der Waals surface area (Å²) < 4.78 is 10.8. The first-order valence-corrected chi connectivity index (χ1v) is 10.1. The summed E-state index contributed by atoms with van der Waals surface area (Å²) >= 11 is 0. The van der Waals surface area contributed by atoms with Gasteiger partial charge in [-0.25, -0.2) is 0 Å². The van der Waals surface area contributed by atoms with E-state index in [0.717, 1.165) is 49.7 Å². The molecule has 1 aromatic rings. The van der Waals surface area contributed by atoms with E-state index in [2.05, 4.69) is 10.2 Å². The Labute approximate surface area is 161 Å². The number of nitrogens with one attached hydrogen (secondary N) is 1. The first-order chi connectivity index (χ1) is 13.1. The minimum atomic E-state index is 0.0314. The van der Waals surface area contributed by atoms with E-state index in [1.807, 2.05) is 18.2 Å². The summed E-state index contributed by atoms with van der Waals surface area (Å²) in [5, 5.41) is 3.20. The number of hydrogen-bond acceptors (Lipinski definition) is 5. The van der Waals surface area contributed by atoms with E-state index >= 15 is 0 Å². The minimum Gasteiger partial charge on any atom is -0.497 e. The van der Waals surface area contributed by atoms with Crippen LogP contribution in [-0.2, 0) is 4.79 Å². The van der Waals surface area contributed by atoms with Gasteiger partial charge in [0.05, 0.1) is 20.1 Å². The fourth-order valence-electron chi connectivity index (χ4n) is 5.30. The van der Waals surface area contributed by atoms with Gasteiger partial charge < -0.3 is 25.4 Å². The zero-order valence-electron chi connectivity index (χ0n) is 16.3. The number of anilines is 1. The molecule has 5 unspecified atom stereocenters. The van der Waals surface area contributed by atoms with Crippen molar-refractivity contribution in [1.82, 2.24) is 5.32 Å². The molecule has 0 aromatic heterocycles. The van der Waals surface area contributed by atoms with Crippen molar-refractivity contribution in [3.8, 4) is 11.5 Å². The van der Waals surface area contributed by atoms with E-state index in [-0.39, 0.29) is 17.9 Å². The molecular weight excluding hydrogens is 342 g/mol. The molecule has 1 saturated heterocycles. The largest absolute Gasteiger partial charge is 0.497 e. The maximum Gasteiger partial charge on any atom is 0.224 e. The second-order valence-corrected chi connectivity index (χ2v) is 8.35. The average Bonchev–Trinajstić information content (AvgIpc) is 3.41. The van der Waals surface area contributed by atoms with Gasteiger partial charge in [-0.3, -0.25) is 4.79 Å². The summed E-state index contributed by atoms with van der Waals surface area (Å²) in [5.74, 6) is 3.34. The normalized spacial score (nSPS) is 32.0. The van der Waals surface area contributed by atoms with Gasteiger partial charge in [-0.15, -0.1) is 0 Å². The SMILES string of the molecule is COc1cc(OC)cc(N2CCC(CNC(=O)C3C4CCC(C4)C3N)C2)c1. The van der Waals surface area contributed by atoms with Gasteiger partial charge in [-0.05, 0) is 43.4 Å². The second kappa shape index (κ2) is 7.58. The molecule has 1 aromatic carbocycles. The van der Waals surface area contributed by atoms with Crippen LogP contribution in [-0.4, -0.2) is 45.8 Å². The van der Waals surface area contributed by atoms with E-state index in [4.69, 9.17) is 15.2 Å². The van der Waals surface area contributed by atoms with Gasteiger partial charge in [0.2, 0.25) is 5.91 Å². The number of nitrogens with two attached hydrogens (primary N) is 1. The number of methoxy groups -OCH3 is 2. The third-order valence-corrected chi connectivity index (χ3v) is 6.84. The molecule has 0 radical (unpaired) electrons. The fourth-order valence-corrected chi connectivity index (χ4v) is 5.30. The zero-order valence-corrected chi connectivity index (χ0v) is 16.3. The van der Waals surface area contributed by atoms with Gasteiger partial charge in [0.25, 0.3) is 0 Å². The van der Waals surface area contributed by atoms with E-state index in [0.29, 0.717) is 17.8 Å². The van der Waals surface area contributed by atoms with Crippen molar-refractivity contribution >= 4 is 11.6 Å². The summed E-state index contributed by atoms with van der Waals surface area (Å²) in [6, 6.07) is 6.03. The molecule has 6 nitrogen and oxygen atoms in total. The van der Waals surface area contributed by atoms with Crippen LogP contribution < -0.4 is 25.4 Å². The molecule has 148 valence electrons. The Morgan fingerprint density at radius 1 is 1.15 bits per heavy atom. The quantitative estimate of drug-likeness (QED) is 0.798. The highest BCUT2D eigenvalue weighted by Gasteiger charge is 2.49. The Morgan fingerprint density at radius 2 is 1.85 bits per heavy atom. The Kier molecular flexibility index (Phi) is 5.17. The number of ether oxygens (including phenoxy) is 2. The van der Waals surface area contributed by atoms with Crippen LogP contribution in [0.1, 0.15) is 25.7 Å². The predicted octanol–water partition coefficient (Wildman–Crippen LogP) is 2.02. The summed E-state index contributed by atoms with van der Waals surface area (Å²) in [5.41, 5.74) is 7.42. The lowest BCUT2D eigenvalue weighted by Crippen LogP contribution is -2.46. The fraction of sp³-hybridized carbons (Fsp3) is 0.667. The molecule has 5 atom stereocenters. The summed E-state index contributed by atoms with van der Waals surface area (Å²) in [7, 11) is 3.34. The first kappa shape index (κ1) is 18.4. The molecule has 1 heterocycles.